The predicted molar refractivity (Wildman–Crippen MR) is 87.0 cm³/mol. The normalized spacial score (nSPS) is 15.4. The molecule has 1 aromatic rings. The zero-order chi connectivity index (χ0) is 15.6. The Morgan fingerprint density at radius 1 is 1.48 bits per heavy atom. The highest BCUT2D eigenvalue weighted by Gasteiger charge is 2.25. The van der Waals surface area contributed by atoms with Gasteiger partial charge in [-0.3, -0.25) is 4.79 Å². The van der Waals surface area contributed by atoms with E-state index in [9.17, 15) is 9.00 Å². The lowest BCUT2D eigenvalue weighted by Crippen LogP contribution is -2.26. The lowest BCUT2D eigenvalue weighted by atomic mass is 10.1. The maximum absolute atomic E-state index is 12.3. The molecule has 1 aliphatic rings. The minimum Gasteiger partial charge on any atom is -0.312 e. The Morgan fingerprint density at radius 2 is 2.19 bits per heavy atom. The molecular formula is C15H21ClN2O2S. The second-order valence-corrected chi connectivity index (χ2v) is 7.35. The number of fused-ring (bicyclic) bond motifs is 1. The van der Waals surface area contributed by atoms with E-state index in [0.29, 0.717) is 28.9 Å². The third-order valence-electron chi connectivity index (χ3n) is 3.56. The van der Waals surface area contributed by atoms with Gasteiger partial charge in [-0.15, -0.1) is 0 Å². The number of amides is 1. The summed E-state index contributed by atoms with van der Waals surface area (Å²) in [5.74, 6) is 0.554. The van der Waals surface area contributed by atoms with Crippen LogP contribution in [0.5, 0.6) is 0 Å². The van der Waals surface area contributed by atoms with Crippen molar-refractivity contribution in [2.24, 2.45) is 5.92 Å². The predicted octanol–water partition coefficient (Wildman–Crippen LogP) is 2.91. The van der Waals surface area contributed by atoms with Crippen LogP contribution >= 0.6 is 11.6 Å². The van der Waals surface area contributed by atoms with Crippen LogP contribution in [0.4, 0.5) is 5.69 Å². The molecule has 6 heteroatoms. The molecule has 4 nitrogen and oxygen atoms in total. The van der Waals surface area contributed by atoms with E-state index in [4.69, 9.17) is 11.6 Å². The SMILES string of the molecule is CC(=O)N1CCc2cc(Cl)c(S(=O)NCCC(C)C)cc21. The lowest BCUT2D eigenvalue weighted by Gasteiger charge is -2.16. The third-order valence-corrected chi connectivity index (χ3v) is 5.19. The van der Waals surface area contributed by atoms with Crippen LogP contribution in [0.3, 0.4) is 0 Å². The molecule has 1 heterocycles. The highest BCUT2D eigenvalue weighted by molar-refractivity contribution is 7.83. The largest absolute Gasteiger partial charge is 0.312 e. The number of benzene rings is 1. The smallest absolute Gasteiger partial charge is 0.223 e. The van der Waals surface area contributed by atoms with Crippen LogP contribution in [-0.4, -0.2) is 23.2 Å². The highest BCUT2D eigenvalue weighted by Crippen LogP contribution is 2.34. The molecule has 0 aromatic heterocycles. The molecule has 0 aliphatic carbocycles. The maximum atomic E-state index is 12.3. The van der Waals surface area contributed by atoms with E-state index in [1.807, 2.05) is 6.07 Å². The van der Waals surface area contributed by atoms with Crippen molar-refractivity contribution in [1.82, 2.24) is 4.72 Å². The van der Waals surface area contributed by atoms with Crippen LogP contribution in [0.1, 0.15) is 32.8 Å². The first-order valence-electron chi connectivity index (χ1n) is 7.16. The minimum absolute atomic E-state index is 0.000529. The summed E-state index contributed by atoms with van der Waals surface area (Å²) in [7, 11) is -1.35. The molecule has 116 valence electrons. The van der Waals surface area contributed by atoms with Crippen LogP contribution in [0.15, 0.2) is 17.0 Å². The molecule has 1 aliphatic heterocycles. The van der Waals surface area contributed by atoms with Crippen molar-refractivity contribution >= 4 is 34.2 Å². The molecule has 0 fully saturated rings. The summed E-state index contributed by atoms with van der Waals surface area (Å²) >= 11 is 6.24. The summed E-state index contributed by atoms with van der Waals surface area (Å²) in [6, 6.07) is 3.61. The van der Waals surface area contributed by atoms with E-state index in [1.54, 1.807) is 17.9 Å². The van der Waals surface area contributed by atoms with Crippen LogP contribution in [0, 0.1) is 5.92 Å². The van der Waals surface area contributed by atoms with E-state index in [1.165, 1.54) is 0 Å². The molecule has 0 spiro atoms. The van der Waals surface area contributed by atoms with Crippen molar-refractivity contribution in [3.63, 3.8) is 0 Å². The maximum Gasteiger partial charge on any atom is 0.223 e. The Balaban J connectivity index is 2.19. The molecule has 0 saturated heterocycles. The molecule has 21 heavy (non-hydrogen) atoms. The fourth-order valence-electron chi connectivity index (χ4n) is 2.38. The molecule has 0 bridgehead atoms. The van der Waals surface area contributed by atoms with Crippen LogP contribution in [0.25, 0.3) is 0 Å². The second kappa shape index (κ2) is 6.90. The van der Waals surface area contributed by atoms with Gasteiger partial charge in [0.15, 0.2) is 0 Å². The summed E-state index contributed by atoms with van der Waals surface area (Å²) in [6.45, 7) is 7.13. The summed E-state index contributed by atoms with van der Waals surface area (Å²) in [5, 5.41) is 0.495. The Kier molecular flexibility index (Phi) is 5.41. The van der Waals surface area contributed by atoms with Gasteiger partial charge in [-0.05, 0) is 36.5 Å². The topological polar surface area (TPSA) is 49.4 Å². The molecule has 2 rings (SSSR count). The number of nitrogens with zero attached hydrogens (tertiary/aromatic N) is 1. The average Bonchev–Trinajstić information content (AvgIpc) is 2.79. The summed E-state index contributed by atoms with van der Waals surface area (Å²) in [5.41, 5.74) is 1.87. The number of hydrogen-bond acceptors (Lipinski definition) is 2. The quantitative estimate of drug-likeness (QED) is 0.903. The third kappa shape index (κ3) is 3.84. The first-order chi connectivity index (χ1) is 9.90. The first kappa shape index (κ1) is 16.5. The zero-order valence-electron chi connectivity index (χ0n) is 12.6. The fraction of sp³-hybridized carbons (Fsp3) is 0.533. The van der Waals surface area contributed by atoms with Crippen molar-refractivity contribution in [3.8, 4) is 0 Å². The Hall–Kier alpha value is -0.910. The molecule has 0 radical (unpaired) electrons. The van der Waals surface area contributed by atoms with Gasteiger partial charge in [0.25, 0.3) is 0 Å². The summed E-state index contributed by atoms with van der Waals surface area (Å²) in [4.78, 5) is 13.9. The Labute approximate surface area is 133 Å². The second-order valence-electron chi connectivity index (χ2n) is 5.68. The van der Waals surface area contributed by atoms with E-state index >= 15 is 0 Å². The average molecular weight is 329 g/mol. The lowest BCUT2D eigenvalue weighted by molar-refractivity contribution is -0.116. The van der Waals surface area contributed by atoms with Crippen molar-refractivity contribution < 1.29 is 9.00 Å². The Bertz CT molecular complexity index is 575. The van der Waals surface area contributed by atoms with Crippen molar-refractivity contribution in [1.29, 1.82) is 0 Å². The number of hydrogen-bond donors (Lipinski definition) is 1. The monoisotopic (exact) mass is 328 g/mol. The van der Waals surface area contributed by atoms with Gasteiger partial charge in [0, 0.05) is 25.7 Å². The number of anilines is 1. The van der Waals surface area contributed by atoms with Crippen molar-refractivity contribution in [3.05, 3.63) is 22.7 Å². The number of rotatable bonds is 5. The highest BCUT2D eigenvalue weighted by atomic mass is 35.5. The molecule has 1 N–H and O–H groups in total. The van der Waals surface area contributed by atoms with Gasteiger partial charge < -0.3 is 4.90 Å². The van der Waals surface area contributed by atoms with Gasteiger partial charge in [-0.2, -0.15) is 0 Å². The van der Waals surface area contributed by atoms with Crippen LogP contribution < -0.4 is 9.62 Å². The first-order valence-corrected chi connectivity index (χ1v) is 8.68. The molecule has 0 saturated carbocycles. The van der Waals surface area contributed by atoms with E-state index in [2.05, 4.69) is 18.6 Å². The van der Waals surface area contributed by atoms with Crippen LogP contribution in [0.2, 0.25) is 5.02 Å². The van der Waals surface area contributed by atoms with E-state index in [0.717, 1.165) is 24.1 Å². The fourth-order valence-corrected chi connectivity index (χ4v) is 3.69. The number of halogens is 1. The Morgan fingerprint density at radius 3 is 2.81 bits per heavy atom. The van der Waals surface area contributed by atoms with E-state index in [-0.39, 0.29) is 5.91 Å². The van der Waals surface area contributed by atoms with Crippen LogP contribution in [-0.2, 0) is 22.2 Å². The number of nitrogens with one attached hydrogen (secondary N) is 1. The van der Waals surface area contributed by atoms with Gasteiger partial charge in [-0.1, -0.05) is 25.4 Å². The molecular weight excluding hydrogens is 308 g/mol. The van der Waals surface area contributed by atoms with Crippen molar-refractivity contribution in [2.75, 3.05) is 18.0 Å². The van der Waals surface area contributed by atoms with Gasteiger partial charge in [0.05, 0.1) is 9.92 Å². The summed E-state index contributed by atoms with van der Waals surface area (Å²) in [6.07, 6.45) is 1.75. The number of carbonyl (C=O) groups is 1. The van der Waals surface area contributed by atoms with Gasteiger partial charge in [0.2, 0.25) is 5.91 Å². The molecule has 1 amide bonds. The number of carbonyl (C=O) groups excluding carboxylic acids is 1. The minimum atomic E-state index is -1.35. The molecule has 1 aromatic carbocycles. The molecule has 1 unspecified atom stereocenters. The van der Waals surface area contributed by atoms with Gasteiger partial charge in [0.1, 0.15) is 11.0 Å². The van der Waals surface area contributed by atoms with E-state index < -0.39 is 11.0 Å². The van der Waals surface area contributed by atoms with Gasteiger partial charge >= 0.3 is 0 Å². The summed E-state index contributed by atoms with van der Waals surface area (Å²) < 4.78 is 15.3. The standard InChI is InChI=1S/C15H21ClN2O2S/c1-10(2)4-6-17-21(20)15-9-14-12(8-13(15)16)5-7-18(14)11(3)19/h8-10,17H,4-7H2,1-3H3. The molecule has 1 atom stereocenters. The van der Waals surface area contributed by atoms with Crippen molar-refractivity contribution in [2.45, 2.75) is 38.5 Å². The van der Waals surface area contributed by atoms with Gasteiger partial charge in [-0.25, -0.2) is 8.93 Å². The zero-order valence-corrected chi connectivity index (χ0v) is 14.2.